The summed E-state index contributed by atoms with van der Waals surface area (Å²) >= 11 is 3.59. The fourth-order valence-corrected chi connectivity index (χ4v) is 3.15. The minimum Gasteiger partial charge on any atom is -0.320 e. The Morgan fingerprint density at radius 3 is 3.00 bits per heavy atom. The molecule has 0 bridgehead atoms. The van der Waals surface area contributed by atoms with E-state index in [1.165, 1.54) is 23.7 Å². The van der Waals surface area contributed by atoms with Crippen LogP contribution in [0.25, 0.3) is 0 Å². The third-order valence-electron chi connectivity index (χ3n) is 3.77. The maximum Gasteiger partial charge on any atom is 0.0178 e. The first-order valence-electron chi connectivity index (χ1n) is 6.15. The molecule has 16 heavy (non-hydrogen) atoms. The van der Waals surface area contributed by atoms with Crippen LogP contribution in [0.15, 0.2) is 22.7 Å². The molecule has 0 saturated carbocycles. The molecule has 2 rings (SSSR count). The summed E-state index contributed by atoms with van der Waals surface area (Å²) in [4.78, 5) is 0. The minimum absolute atomic E-state index is 0.730. The Kier molecular flexibility index (Phi) is 4.04. The molecule has 0 heterocycles. The zero-order valence-corrected chi connectivity index (χ0v) is 11.7. The normalized spacial score (nSPS) is 24.2. The third kappa shape index (κ3) is 2.49. The molecule has 0 aliphatic heterocycles. The van der Waals surface area contributed by atoms with Gasteiger partial charge in [-0.05, 0) is 68.0 Å². The van der Waals surface area contributed by atoms with Gasteiger partial charge in [0.2, 0.25) is 0 Å². The van der Waals surface area contributed by atoms with Crippen molar-refractivity contribution in [3.8, 4) is 0 Å². The fraction of sp³-hybridized carbons (Fsp3) is 0.571. The third-order valence-corrected chi connectivity index (χ3v) is 4.26. The van der Waals surface area contributed by atoms with Crippen molar-refractivity contribution in [2.45, 2.75) is 32.1 Å². The van der Waals surface area contributed by atoms with Crippen molar-refractivity contribution in [2.75, 3.05) is 13.6 Å². The van der Waals surface area contributed by atoms with Gasteiger partial charge in [0.1, 0.15) is 0 Å². The molecule has 0 spiro atoms. The second-order valence-electron chi connectivity index (χ2n) is 4.86. The number of nitrogens with one attached hydrogen (secondary N) is 1. The van der Waals surface area contributed by atoms with Crippen molar-refractivity contribution in [1.82, 2.24) is 5.32 Å². The van der Waals surface area contributed by atoms with E-state index in [4.69, 9.17) is 0 Å². The van der Waals surface area contributed by atoms with Gasteiger partial charge in [0.15, 0.2) is 0 Å². The number of hydrogen-bond donors (Lipinski definition) is 1. The van der Waals surface area contributed by atoms with E-state index in [2.05, 4.69) is 46.4 Å². The molecule has 1 nitrogen and oxygen atoms in total. The van der Waals surface area contributed by atoms with Crippen LogP contribution in [0.5, 0.6) is 0 Å². The maximum atomic E-state index is 3.59. The second-order valence-corrected chi connectivity index (χ2v) is 5.77. The SMILES string of the molecule is CNCCC1c2cc(Br)ccc2CCC1C. The lowest BCUT2D eigenvalue weighted by molar-refractivity contribution is 0.381. The summed E-state index contributed by atoms with van der Waals surface area (Å²) in [6.45, 7) is 3.51. The highest BCUT2D eigenvalue weighted by Crippen LogP contribution is 2.39. The average molecular weight is 282 g/mol. The van der Waals surface area contributed by atoms with Gasteiger partial charge in [0, 0.05) is 4.47 Å². The van der Waals surface area contributed by atoms with Crippen molar-refractivity contribution in [1.29, 1.82) is 0 Å². The summed E-state index contributed by atoms with van der Waals surface area (Å²) < 4.78 is 1.22. The van der Waals surface area contributed by atoms with Crippen LogP contribution in [0.2, 0.25) is 0 Å². The van der Waals surface area contributed by atoms with Crippen molar-refractivity contribution in [3.63, 3.8) is 0 Å². The van der Waals surface area contributed by atoms with E-state index < -0.39 is 0 Å². The van der Waals surface area contributed by atoms with Gasteiger partial charge in [-0.25, -0.2) is 0 Å². The zero-order chi connectivity index (χ0) is 11.5. The summed E-state index contributed by atoms with van der Waals surface area (Å²) in [7, 11) is 2.04. The number of rotatable bonds is 3. The van der Waals surface area contributed by atoms with Crippen LogP contribution < -0.4 is 5.32 Å². The second kappa shape index (κ2) is 5.33. The first kappa shape index (κ1) is 12.1. The fourth-order valence-electron chi connectivity index (χ4n) is 2.77. The Bertz CT molecular complexity index is 362. The van der Waals surface area contributed by atoms with Gasteiger partial charge >= 0.3 is 0 Å². The van der Waals surface area contributed by atoms with E-state index in [1.807, 2.05) is 7.05 Å². The monoisotopic (exact) mass is 281 g/mol. The average Bonchev–Trinajstić information content (AvgIpc) is 2.28. The molecule has 88 valence electrons. The number of fused-ring (bicyclic) bond motifs is 1. The molecular formula is C14H20BrN. The highest BCUT2D eigenvalue weighted by atomic mass is 79.9. The summed E-state index contributed by atoms with van der Waals surface area (Å²) in [5, 5.41) is 3.27. The maximum absolute atomic E-state index is 3.59. The first-order valence-corrected chi connectivity index (χ1v) is 6.94. The molecule has 1 aliphatic carbocycles. The van der Waals surface area contributed by atoms with Gasteiger partial charge in [-0.1, -0.05) is 28.9 Å². The predicted octanol–water partition coefficient (Wildman–Crippen LogP) is 3.72. The number of aryl methyl sites for hydroxylation is 1. The van der Waals surface area contributed by atoms with Crippen LogP contribution >= 0.6 is 15.9 Å². The predicted molar refractivity (Wildman–Crippen MR) is 72.9 cm³/mol. The quantitative estimate of drug-likeness (QED) is 0.891. The van der Waals surface area contributed by atoms with E-state index >= 15 is 0 Å². The van der Waals surface area contributed by atoms with Gasteiger partial charge < -0.3 is 5.32 Å². The molecule has 2 atom stereocenters. The molecule has 2 unspecified atom stereocenters. The van der Waals surface area contributed by atoms with Crippen LogP contribution in [0.1, 0.15) is 36.8 Å². The lowest BCUT2D eigenvalue weighted by atomic mass is 9.74. The highest BCUT2D eigenvalue weighted by Gasteiger charge is 2.25. The Morgan fingerprint density at radius 1 is 1.44 bits per heavy atom. The Balaban J connectivity index is 2.27. The van der Waals surface area contributed by atoms with Crippen LogP contribution in [0.4, 0.5) is 0 Å². The summed E-state index contributed by atoms with van der Waals surface area (Å²) in [6.07, 6.45) is 3.84. The van der Waals surface area contributed by atoms with Crippen molar-refractivity contribution in [2.24, 2.45) is 5.92 Å². The smallest absolute Gasteiger partial charge is 0.0178 e. The van der Waals surface area contributed by atoms with Gasteiger partial charge in [0.05, 0.1) is 0 Å². The zero-order valence-electron chi connectivity index (χ0n) is 10.1. The van der Waals surface area contributed by atoms with Crippen LogP contribution in [-0.2, 0) is 6.42 Å². The van der Waals surface area contributed by atoms with Crippen molar-refractivity contribution >= 4 is 15.9 Å². The van der Waals surface area contributed by atoms with Gasteiger partial charge in [-0.2, -0.15) is 0 Å². The molecule has 0 fully saturated rings. The molecule has 1 aromatic carbocycles. The van der Waals surface area contributed by atoms with E-state index in [1.54, 1.807) is 11.1 Å². The molecule has 1 aliphatic rings. The molecule has 2 heteroatoms. The molecular weight excluding hydrogens is 262 g/mol. The van der Waals surface area contributed by atoms with E-state index in [-0.39, 0.29) is 0 Å². The van der Waals surface area contributed by atoms with Crippen LogP contribution in [-0.4, -0.2) is 13.6 Å². The lowest BCUT2D eigenvalue weighted by Crippen LogP contribution is -2.22. The molecule has 0 saturated heterocycles. The van der Waals surface area contributed by atoms with Gasteiger partial charge in [-0.3, -0.25) is 0 Å². The van der Waals surface area contributed by atoms with E-state index in [9.17, 15) is 0 Å². The lowest BCUT2D eigenvalue weighted by Gasteiger charge is -2.31. The Labute approximate surface area is 107 Å². The van der Waals surface area contributed by atoms with Crippen molar-refractivity contribution in [3.05, 3.63) is 33.8 Å². The Morgan fingerprint density at radius 2 is 2.25 bits per heavy atom. The summed E-state index contributed by atoms with van der Waals surface area (Å²) in [5.41, 5.74) is 3.13. The van der Waals surface area contributed by atoms with Crippen molar-refractivity contribution < 1.29 is 0 Å². The summed E-state index contributed by atoms with van der Waals surface area (Å²) in [5.74, 6) is 1.55. The van der Waals surface area contributed by atoms with Crippen LogP contribution in [0, 0.1) is 5.92 Å². The minimum atomic E-state index is 0.730. The van der Waals surface area contributed by atoms with Gasteiger partial charge in [0.25, 0.3) is 0 Å². The standard InChI is InChI=1S/C14H20BrN/c1-10-3-4-11-5-6-12(15)9-14(11)13(10)7-8-16-2/h5-6,9-10,13,16H,3-4,7-8H2,1-2H3. The number of benzene rings is 1. The summed E-state index contributed by atoms with van der Waals surface area (Å²) in [6, 6.07) is 6.78. The number of halogens is 1. The van der Waals surface area contributed by atoms with E-state index in [0.29, 0.717) is 0 Å². The molecule has 0 amide bonds. The van der Waals surface area contributed by atoms with E-state index in [0.717, 1.165) is 18.4 Å². The molecule has 1 aromatic rings. The largest absolute Gasteiger partial charge is 0.320 e. The topological polar surface area (TPSA) is 12.0 Å². The first-order chi connectivity index (χ1) is 7.72. The van der Waals surface area contributed by atoms with Crippen LogP contribution in [0.3, 0.4) is 0 Å². The molecule has 0 aromatic heterocycles. The highest BCUT2D eigenvalue weighted by molar-refractivity contribution is 9.10. The molecule has 1 N–H and O–H groups in total. The molecule has 0 radical (unpaired) electrons. The Hall–Kier alpha value is -0.340. The van der Waals surface area contributed by atoms with Gasteiger partial charge in [-0.15, -0.1) is 0 Å². The number of hydrogen-bond acceptors (Lipinski definition) is 1.